The Morgan fingerprint density at radius 2 is 2.29 bits per heavy atom. The molecule has 2 rings (SSSR count). The number of nitrogens with zero attached hydrogens (tertiary/aromatic N) is 1. The number of carbonyl (C=O) groups excluding carboxylic acids is 1. The number of aromatic nitrogens is 1. The second-order valence-electron chi connectivity index (χ2n) is 3.54. The zero-order valence-corrected chi connectivity index (χ0v) is 10.1. The van der Waals surface area contributed by atoms with Crippen LogP contribution in [0.3, 0.4) is 0 Å². The van der Waals surface area contributed by atoms with Gasteiger partial charge in [-0.15, -0.1) is 0 Å². The van der Waals surface area contributed by atoms with E-state index >= 15 is 0 Å². The number of benzene rings is 1. The normalized spacial score (nSPS) is 10.5. The van der Waals surface area contributed by atoms with Gasteiger partial charge in [-0.2, -0.15) is 0 Å². The van der Waals surface area contributed by atoms with Crippen LogP contribution in [0.1, 0.15) is 6.92 Å². The van der Waals surface area contributed by atoms with Crippen molar-refractivity contribution < 1.29 is 9.18 Å². The molecule has 0 aliphatic rings. The highest BCUT2D eigenvalue weighted by molar-refractivity contribution is 7.22. The SMILES string of the molecule is CC(=O)NCCNc1nc2cc(F)ccc2s1. The van der Waals surface area contributed by atoms with Gasteiger partial charge in [0.25, 0.3) is 0 Å². The lowest BCUT2D eigenvalue weighted by Gasteiger charge is -2.02. The molecule has 0 saturated heterocycles. The summed E-state index contributed by atoms with van der Waals surface area (Å²) in [5.41, 5.74) is 0.650. The summed E-state index contributed by atoms with van der Waals surface area (Å²) in [6, 6.07) is 4.54. The summed E-state index contributed by atoms with van der Waals surface area (Å²) in [6.07, 6.45) is 0. The van der Waals surface area contributed by atoms with Crippen molar-refractivity contribution in [3.05, 3.63) is 24.0 Å². The highest BCUT2D eigenvalue weighted by Gasteiger charge is 2.03. The van der Waals surface area contributed by atoms with Gasteiger partial charge >= 0.3 is 0 Å². The van der Waals surface area contributed by atoms with Crippen molar-refractivity contribution in [1.29, 1.82) is 0 Å². The van der Waals surface area contributed by atoms with Crippen molar-refractivity contribution in [2.75, 3.05) is 18.4 Å². The maximum Gasteiger partial charge on any atom is 0.216 e. The second-order valence-corrected chi connectivity index (χ2v) is 4.57. The lowest BCUT2D eigenvalue weighted by molar-refractivity contribution is -0.118. The molecule has 1 amide bonds. The average molecular weight is 253 g/mol. The molecule has 0 spiro atoms. The third-order valence-electron chi connectivity index (χ3n) is 2.12. The van der Waals surface area contributed by atoms with E-state index in [0.717, 1.165) is 9.83 Å². The molecule has 0 unspecified atom stereocenters. The maximum absolute atomic E-state index is 12.9. The molecule has 2 aromatic rings. The zero-order valence-electron chi connectivity index (χ0n) is 9.29. The van der Waals surface area contributed by atoms with Gasteiger partial charge in [-0.25, -0.2) is 9.37 Å². The molecule has 0 bridgehead atoms. The summed E-state index contributed by atoms with van der Waals surface area (Å²) in [4.78, 5) is 14.9. The van der Waals surface area contributed by atoms with E-state index in [0.29, 0.717) is 18.6 Å². The number of fused-ring (bicyclic) bond motifs is 1. The van der Waals surface area contributed by atoms with E-state index in [1.807, 2.05) is 0 Å². The first-order valence-corrected chi connectivity index (χ1v) is 6.01. The summed E-state index contributed by atoms with van der Waals surface area (Å²) in [7, 11) is 0. The van der Waals surface area contributed by atoms with Gasteiger partial charge in [0.2, 0.25) is 5.91 Å². The van der Waals surface area contributed by atoms with Gasteiger partial charge in [-0.1, -0.05) is 11.3 Å². The van der Waals surface area contributed by atoms with Crippen LogP contribution in [0.5, 0.6) is 0 Å². The molecule has 2 N–H and O–H groups in total. The largest absolute Gasteiger partial charge is 0.360 e. The lowest BCUT2D eigenvalue weighted by Crippen LogP contribution is -2.26. The fourth-order valence-electron chi connectivity index (χ4n) is 1.38. The minimum Gasteiger partial charge on any atom is -0.360 e. The lowest BCUT2D eigenvalue weighted by atomic mass is 10.3. The number of hydrogen-bond donors (Lipinski definition) is 2. The monoisotopic (exact) mass is 253 g/mol. The summed E-state index contributed by atoms with van der Waals surface area (Å²) >= 11 is 1.46. The maximum atomic E-state index is 12.9. The molecule has 1 aromatic carbocycles. The van der Waals surface area contributed by atoms with Gasteiger partial charge in [-0.3, -0.25) is 4.79 Å². The van der Waals surface area contributed by atoms with Crippen LogP contribution in [-0.2, 0) is 4.79 Å². The van der Waals surface area contributed by atoms with Crippen LogP contribution in [-0.4, -0.2) is 24.0 Å². The fourth-order valence-corrected chi connectivity index (χ4v) is 2.26. The molecule has 1 aromatic heterocycles. The molecule has 90 valence electrons. The molecule has 0 atom stereocenters. The van der Waals surface area contributed by atoms with Crippen molar-refractivity contribution in [3.63, 3.8) is 0 Å². The highest BCUT2D eigenvalue weighted by Crippen LogP contribution is 2.25. The number of halogens is 1. The minimum absolute atomic E-state index is 0.0572. The van der Waals surface area contributed by atoms with E-state index in [4.69, 9.17) is 0 Å². The third-order valence-corrected chi connectivity index (χ3v) is 3.12. The molecule has 0 radical (unpaired) electrons. The van der Waals surface area contributed by atoms with Crippen LogP contribution in [0.25, 0.3) is 10.2 Å². The predicted molar refractivity (Wildman–Crippen MR) is 66.8 cm³/mol. The molecular weight excluding hydrogens is 241 g/mol. The molecule has 4 nitrogen and oxygen atoms in total. The van der Waals surface area contributed by atoms with Crippen LogP contribution in [0, 0.1) is 5.82 Å². The quantitative estimate of drug-likeness (QED) is 0.819. The first-order valence-electron chi connectivity index (χ1n) is 5.19. The summed E-state index contributed by atoms with van der Waals surface area (Å²) in [5, 5.41) is 6.49. The Balaban J connectivity index is 1.97. The van der Waals surface area contributed by atoms with E-state index < -0.39 is 0 Å². The van der Waals surface area contributed by atoms with Crippen molar-refractivity contribution in [2.24, 2.45) is 0 Å². The number of anilines is 1. The topological polar surface area (TPSA) is 54.0 Å². The first kappa shape index (κ1) is 11.8. The molecule has 0 fully saturated rings. The van der Waals surface area contributed by atoms with Gasteiger partial charge in [0.15, 0.2) is 5.13 Å². The molecule has 0 aliphatic carbocycles. The smallest absolute Gasteiger partial charge is 0.216 e. The second kappa shape index (κ2) is 5.09. The number of hydrogen-bond acceptors (Lipinski definition) is 4. The van der Waals surface area contributed by atoms with Crippen molar-refractivity contribution in [2.45, 2.75) is 6.92 Å². The molecule has 0 saturated carbocycles. The van der Waals surface area contributed by atoms with Crippen LogP contribution in [0.4, 0.5) is 9.52 Å². The number of nitrogens with one attached hydrogen (secondary N) is 2. The Morgan fingerprint density at radius 1 is 1.47 bits per heavy atom. The van der Waals surface area contributed by atoms with E-state index in [1.165, 1.54) is 30.4 Å². The first-order chi connectivity index (χ1) is 8.15. The van der Waals surface area contributed by atoms with Crippen LogP contribution in [0.2, 0.25) is 0 Å². The molecule has 0 aliphatic heterocycles. The molecular formula is C11H12FN3OS. The fraction of sp³-hybridized carbons (Fsp3) is 0.273. The van der Waals surface area contributed by atoms with Crippen molar-refractivity contribution in [3.8, 4) is 0 Å². The van der Waals surface area contributed by atoms with Crippen molar-refractivity contribution in [1.82, 2.24) is 10.3 Å². The predicted octanol–water partition coefficient (Wildman–Crippen LogP) is 1.98. The number of amides is 1. The van der Waals surface area contributed by atoms with Crippen LogP contribution >= 0.6 is 11.3 Å². The van der Waals surface area contributed by atoms with Crippen LogP contribution < -0.4 is 10.6 Å². The van der Waals surface area contributed by atoms with Gasteiger partial charge in [-0.05, 0) is 12.1 Å². The van der Waals surface area contributed by atoms with E-state index in [1.54, 1.807) is 6.07 Å². The summed E-state index contributed by atoms with van der Waals surface area (Å²) < 4.78 is 13.9. The van der Waals surface area contributed by atoms with Gasteiger partial charge < -0.3 is 10.6 Å². The standard InChI is InChI=1S/C11H12FN3OS/c1-7(16)13-4-5-14-11-15-9-6-8(12)2-3-10(9)17-11/h2-3,6H,4-5H2,1H3,(H,13,16)(H,14,15). The van der Waals surface area contributed by atoms with Crippen molar-refractivity contribution >= 4 is 32.6 Å². The Kier molecular flexibility index (Phi) is 3.53. The Hall–Kier alpha value is -1.69. The highest BCUT2D eigenvalue weighted by atomic mass is 32.1. The molecule has 1 heterocycles. The van der Waals surface area contributed by atoms with E-state index in [9.17, 15) is 9.18 Å². The number of thiazole rings is 1. The Bertz CT molecular complexity index is 540. The number of rotatable bonds is 4. The van der Waals surface area contributed by atoms with Gasteiger partial charge in [0.05, 0.1) is 10.2 Å². The summed E-state index contributed by atoms with van der Waals surface area (Å²) in [5.74, 6) is -0.342. The number of carbonyl (C=O) groups is 1. The molecule has 6 heteroatoms. The van der Waals surface area contributed by atoms with Gasteiger partial charge in [0.1, 0.15) is 5.82 Å². The van der Waals surface area contributed by atoms with Gasteiger partial charge in [0, 0.05) is 26.1 Å². The summed E-state index contributed by atoms with van der Waals surface area (Å²) in [6.45, 7) is 2.61. The Labute approximate surface area is 102 Å². The zero-order chi connectivity index (χ0) is 12.3. The van der Waals surface area contributed by atoms with Crippen LogP contribution in [0.15, 0.2) is 18.2 Å². The van der Waals surface area contributed by atoms with E-state index in [2.05, 4.69) is 15.6 Å². The average Bonchev–Trinajstić information content (AvgIpc) is 2.66. The Morgan fingerprint density at radius 3 is 3.06 bits per heavy atom. The third kappa shape index (κ3) is 3.13. The minimum atomic E-state index is -0.285. The molecule has 17 heavy (non-hydrogen) atoms. The van der Waals surface area contributed by atoms with E-state index in [-0.39, 0.29) is 11.7 Å².